The van der Waals surface area contributed by atoms with Gasteiger partial charge in [0.25, 0.3) is 0 Å². The Morgan fingerprint density at radius 3 is 2.28 bits per heavy atom. The standard InChI is InChI=1S/C12H10F3NO2/c1-7(17)10-6-18-11(16-10)8-2-4-9(5-3-8)12(13,14)15/h2-7,17H,1H3. The van der Waals surface area contributed by atoms with Crippen LogP contribution in [-0.4, -0.2) is 10.1 Å². The fraction of sp³-hybridized carbons (Fsp3) is 0.250. The molecule has 0 spiro atoms. The number of alkyl halides is 3. The van der Waals surface area contributed by atoms with Gasteiger partial charge in [0.05, 0.1) is 11.7 Å². The van der Waals surface area contributed by atoms with Gasteiger partial charge in [-0.25, -0.2) is 4.98 Å². The average Bonchev–Trinajstić information content (AvgIpc) is 2.77. The zero-order chi connectivity index (χ0) is 13.3. The summed E-state index contributed by atoms with van der Waals surface area (Å²) in [5.41, 5.74) is 0.0355. The van der Waals surface area contributed by atoms with Crippen molar-refractivity contribution in [1.82, 2.24) is 4.98 Å². The van der Waals surface area contributed by atoms with E-state index >= 15 is 0 Å². The Hall–Kier alpha value is -1.82. The topological polar surface area (TPSA) is 46.3 Å². The molecule has 1 atom stereocenters. The molecule has 0 aliphatic rings. The number of aliphatic hydroxyl groups excluding tert-OH is 1. The van der Waals surface area contributed by atoms with E-state index in [2.05, 4.69) is 4.98 Å². The predicted octanol–water partition coefficient (Wildman–Crippen LogP) is 3.41. The van der Waals surface area contributed by atoms with E-state index in [0.717, 1.165) is 12.1 Å². The Morgan fingerprint density at radius 1 is 1.22 bits per heavy atom. The largest absolute Gasteiger partial charge is 0.444 e. The molecule has 6 heteroatoms. The second kappa shape index (κ2) is 4.45. The molecule has 0 fully saturated rings. The van der Waals surface area contributed by atoms with E-state index in [1.54, 1.807) is 0 Å². The molecule has 0 radical (unpaired) electrons. The van der Waals surface area contributed by atoms with Crippen molar-refractivity contribution in [3.8, 4) is 11.5 Å². The maximum atomic E-state index is 12.4. The van der Waals surface area contributed by atoms with Gasteiger partial charge in [0.2, 0.25) is 5.89 Å². The molecule has 0 aliphatic carbocycles. The lowest BCUT2D eigenvalue weighted by Crippen LogP contribution is -2.04. The van der Waals surface area contributed by atoms with E-state index in [-0.39, 0.29) is 5.89 Å². The van der Waals surface area contributed by atoms with Crippen LogP contribution in [0.15, 0.2) is 34.9 Å². The van der Waals surface area contributed by atoms with Crippen LogP contribution >= 0.6 is 0 Å². The highest BCUT2D eigenvalue weighted by atomic mass is 19.4. The molecular formula is C12H10F3NO2. The summed E-state index contributed by atoms with van der Waals surface area (Å²) in [4.78, 5) is 3.97. The van der Waals surface area contributed by atoms with Gasteiger partial charge in [-0.05, 0) is 31.2 Å². The van der Waals surface area contributed by atoms with Crippen molar-refractivity contribution >= 4 is 0 Å². The van der Waals surface area contributed by atoms with Gasteiger partial charge >= 0.3 is 6.18 Å². The predicted molar refractivity (Wildman–Crippen MR) is 57.6 cm³/mol. The van der Waals surface area contributed by atoms with E-state index in [9.17, 15) is 18.3 Å². The smallest absolute Gasteiger partial charge is 0.416 e. The number of rotatable bonds is 2. The van der Waals surface area contributed by atoms with E-state index in [1.807, 2.05) is 0 Å². The maximum Gasteiger partial charge on any atom is 0.416 e. The SMILES string of the molecule is CC(O)c1coc(-c2ccc(C(F)(F)F)cc2)n1. The number of benzene rings is 1. The minimum atomic E-state index is -4.36. The van der Waals surface area contributed by atoms with Crippen LogP contribution in [0.3, 0.4) is 0 Å². The lowest BCUT2D eigenvalue weighted by Gasteiger charge is -2.06. The molecule has 1 unspecified atom stereocenters. The number of halogens is 3. The fourth-order valence-electron chi connectivity index (χ4n) is 1.41. The molecule has 0 amide bonds. The Balaban J connectivity index is 2.29. The van der Waals surface area contributed by atoms with Crippen LogP contribution in [0.4, 0.5) is 13.2 Å². The molecule has 1 heterocycles. The molecule has 1 N–H and O–H groups in total. The van der Waals surface area contributed by atoms with Crippen LogP contribution in [0, 0.1) is 0 Å². The van der Waals surface area contributed by atoms with Crippen molar-refractivity contribution in [2.75, 3.05) is 0 Å². The van der Waals surface area contributed by atoms with Crippen molar-refractivity contribution in [3.63, 3.8) is 0 Å². The Labute approximate surface area is 101 Å². The third-order valence-corrected chi connectivity index (χ3v) is 2.41. The van der Waals surface area contributed by atoms with Crippen LogP contribution in [0.5, 0.6) is 0 Å². The lowest BCUT2D eigenvalue weighted by atomic mass is 10.1. The minimum Gasteiger partial charge on any atom is -0.444 e. The molecule has 96 valence electrons. The zero-order valence-corrected chi connectivity index (χ0v) is 9.40. The molecule has 0 aliphatic heterocycles. The molecule has 0 saturated carbocycles. The number of aliphatic hydroxyl groups is 1. The highest BCUT2D eigenvalue weighted by molar-refractivity contribution is 5.54. The van der Waals surface area contributed by atoms with Gasteiger partial charge < -0.3 is 9.52 Å². The van der Waals surface area contributed by atoms with E-state index in [4.69, 9.17) is 4.42 Å². The second-order valence-corrected chi connectivity index (χ2v) is 3.83. The van der Waals surface area contributed by atoms with E-state index < -0.39 is 17.8 Å². The van der Waals surface area contributed by atoms with Crippen molar-refractivity contribution in [2.24, 2.45) is 0 Å². The molecule has 1 aromatic carbocycles. The van der Waals surface area contributed by atoms with Gasteiger partial charge in [-0.3, -0.25) is 0 Å². The van der Waals surface area contributed by atoms with Gasteiger partial charge in [-0.1, -0.05) is 0 Å². The normalized spacial score (nSPS) is 13.6. The van der Waals surface area contributed by atoms with Crippen LogP contribution in [-0.2, 0) is 6.18 Å². The number of aromatic nitrogens is 1. The van der Waals surface area contributed by atoms with Gasteiger partial charge in [0, 0.05) is 5.56 Å². The summed E-state index contributed by atoms with van der Waals surface area (Å²) >= 11 is 0. The van der Waals surface area contributed by atoms with Crippen molar-refractivity contribution in [3.05, 3.63) is 41.8 Å². The van der Waals surface area contributed by atoms with E-state index in [0.29, 0.717) is 11.3 Å². The molecule has 18 heavy (non-hydrogen) atoms. The highest BCUT2D eigenvalue weighted by Gasteiger charge is 2.30. The Morgan fingerprint density at radius 2 is 1.83 bits per heavy atom. The molecule has 0 bridgehead atoms. The number of oxazole rings is 1. The van der Waals surface area contributed by atoms with Gasteiger partial charge in [-0.15, -0.1) is 0 Å². The lowest BCUT2D eigenvalue weighted by molar-refractivity contribution is -0.137. The fourth-order valence-corrected chi connectivity index (χ4v) is 1.41. The van der Waals surface area contributed by atoms with Gasteiger partial charge in [0.1, 0.15) is 12.0 Å². The van der Waals surface area contributed by atoms with Crippen molar-refractivity contribution < 1.29 is 22.7 Å². The zero-order valence-electron chi connectivity index (χ0n) is 9.40. The minimum absolute atomic E-state index is 0.180. The first-order valence-corrected chi connectivity index (χ1v) is 5.19. The number of hydrogen-bond acceptors (Lipinski definition) is 3. The van der Waals surface area contributed by atoms with Crippen molar-refractivity contribution in [1.29, 1.82) is 0 Å². The summed E-state index contributed by atoms with van der Waals surface area (Å²) in [6, 6.07) is 4.48. The van der Waals surface area contributed by atoms with Crippen LogP contribution in [0.2, 0.25) is 0 Å². The van der Waals surface area contributed by atoms with Crippen molar-refractivity contribution in [2.45, 2.75) is 19.2 Å². The Kier molecular flexibility index (Phi) is 3.13. The molecule has 0 saturated heterocycles. The molecule has 1 aromatic heterocycles. The molecule has 2 rings (SSSR count). The highest BCUT2D eigenvalue weighted by Crippen LogP contribution is 2.31. The third-order valence-electron chi connectivity index (χ3n) is 2.41. The molecule has 3 nitrogen and oxygen atoms in total. The first kappa shape index (κ1) is 12.6. The summed E-state index contributed by atoms with van der Waals surface area (Å²) in [6.45, 7) is 1.52. The second-order valence-electron chi connectivity index (χ2n) is 3.83. The van der Waals surface area contributed by atoms with Crippen LogP contribution in [0.25, 0.3) is 11.5 Å². The molecular weight excluding hydrogens is 247 g/mol. The summed E-state index contributed by atoms with van der Waals surface area (Å²) in [5.74, 6) is 0.180. The summed E-state index contributed by atoms with van der Waals surface area (Å²) in [7, 11) is 0. The number of nitrogens with zero attached hydrogens (tertiary/aromatic N) is 1. The summed E-state index contributed by atoms with van der Waals surface area (Å²) < 4.78 is 42.2. The first-order chi connectivity index (χ1) is 8.38. The first-order valence-electron chi connectivity index (χ1n) is 5.19. The summed E-state index contributed by atoms with van der Waals surface area (Å²) in [5, 5.41) is 9.26. The quantitative estimate of drug-likeness (QED) is 0.896. The van der Waals surface area contributed by atoms with Crippen LogP contribution in [0.1, 0.15) is 24.3 Å². The van der Waals surface area contributed by atoms with Crippen LogP contribution < -0.4 is 0 Å². The monoisotopic (exact) mass is 257 g/mol. The number of hydrogen-bond donors (Lipinski definition) is 1. The third kappa shape index (κ3) is 2.53. The molecule has 2 aromatic rings. The van der Waals surface area contributed by atoms with Gasteiger partial charge in [-0.2, -0.15) is 13.2 Å². The average molecular weight is 257 g/mol. The van der Waals surface area contributed by atoms with E-state index in [1.165, 1.54) is 25.3 Å². The Bertz CT molecular complexity index is 529. The summed E-state index contributed by atoms with van der Waals surface area (Å²) in [6.07, 6.45) is -3.87. The van der Waals surface area contributed by atoms with Gasteiger partial charge in [0.15, 0.2) is 0 Å². The maximum absolute atomic E-state index is 12.4.